The third kappa shape index (κ3) is 7.77. The van der Waals surface area contributed by atoms with Crippen LogP contribution in [0.1, 0.15) is 73.1 Å². The normalized spacial score (nSPS) is 18.3. The highest BCUT2D eigenvalue weighted by molar-refractivity contribution is 5.54. The molecule has 0 aromatic heterocycles. The number of nitrogens with one attached hydrogen (secondary N) is 1. The fourth-order valence-electron chi connectivity index (χ4n) is 4.86. The molecule has 2 atom stereocenters. The molecule has 1 heterocycles. The SMILES string of the molecule is CCCCOC1c2cc(NCc3ccc(C)cc3)ccc2OC(C)(C)C1OCc1cc(C(F)(F)F)cc(C(F)(F)F)c1. The lowest BCUT2D eigenvalue weighted by atomic mass is 9.87. The number of unbranched alkanes of at least 4 members (excludes halogenated alkanes) is 1. The van der Waals surface area contributed by atoms with Gasteiger partial charge in [-0.15, -0.1) is 0 Å². The minimum absolute atomic E-state index is 0.106. The van der Waals surface area contributed by atoms with Crippen molar-refractivity contribution in [3.05, 3.63) is 94.0 Å². The number of ether oxygens (including phenoxy) is 3. The third-order valence-electron chi connectivity index (χ3n) is 7.14. The molecular weight excluding hydrogens is 560 g/mol. The molecule has 4 nitrogen and oxygen atoms in total. The van der Waals surface area contributed by atoms with Gasteiger partial charge in [0, 0.05) is 24.4 Å². The van der Waals surface area contributed by atoms with Gasteiger partial charge in [-0.3, -0.25) is 0 Å². The van der Waals surface area contributed by atoms with E-state index < -0.39 is 47.9 Å². The number of halogens is 6. The van der Waals surface area contributed by atoms with Crippen molar-refractivity contribution in [3.8, 4) is 5.75 Å². The Morgan fingerprint density at radius 3 is 2.07 bits per heavy atom. The van der Waals surface area contributed by atoms with Gasteiger partial charge in [-0.2, -0.15) is 26.3 Å². The van der Waals surface area contributed by atoms with Gasteiger partial charge in [0.15, 0.2) is 0 Å². The van der Waals surface area contributed by atoms with Crippen molar-refractivity contribution < 1.29 is 40.6 Å². The first-order valence-electron chi connectivity index (χ1n) is 13.8. The van der Waals surface area contributed by atoms with Crippen molar-refractivity contribution in [3.63, 3.8) is 0 Å². The van der Waals surface area contributed by atoms with Crippen LogP contribution in [-0.2, 0) is 35.0 Å². The standard InChI is InChI=1S/C32H35F6NO3/c1-5-6-13-40-28-26-17-25(39-18-21-9-7-20(2)8-10-21)11-12-27(26)42-30(3,4)29(28)41-19-22-14-23(31(33,34)35)16-24(15-22)32(36,37)38/h7-12,14-17,28-29,39H,5-6,13,18-19H2,1-4H3. The lowest BCUT2D eigenvalue weighted by Crippen LogP contribution is -2.51. The van der Waals surface area contributed by atoms with Gasteiger partial charge in [-0.25, -0.2) is 0 Å². The zero-order valence-electron chi connectivity index (χ0n) is 24.0. The van der Waals surface area contributed by atoms with Gasteiger partial charge in [-0.1, -0.05) is 43.2 Å². The van der Waals surface area contributed by atoms with Crippen LogP contribution in [0.4, 0.5) is 32.0 Å². The summed E-state index contributed by atoms with van der Waals surface area (Å²) < 4.78 is 99.2. The summed E-state index contributed by atoms with van der Waals surface area (Å²) in [6, 6.07) is 15.2. The first-order chi connectivity index (χ1) is 19.7. The molecule has 3 aromatic rings. The molecule has 0 saturated heterocycles. The summed E-state index contributed by atoms with van der Waals surface area (Å²) in [5, 5.41) is 3.39. The second kappa shape index (κ2) is 12.6. The largest absolute Gasteiger partial charge is 0.485 e. The monoisotopic (exact) mass is 595 g/mol. The zero-order chi connectivity index (χ0) is 30.7. The van der Waals surface area contributed by atoms with Crippen molar-refractivity contribution in [2.24, 2.45) is 0 Å². The second-order valence-corrected chi connectivity index (χ2v) is 11.1. The molecule has 0 amide bonds. The van der Waals surface area contributed by atoms with E-state index in [4.69, 9.17) is 14.2 Å². The van der Waals surface area contributed by atoms with Crippen LogP contribution in [-0.4, -0.2) is 18.3 Å². The zero-order valence-corrected chi connectivity index (χ0v) is 24.0. The molecule has 4 rings (SSSR count). The van der Waals surface area contributed by atoms with Crippen LogP contribution in [0.2, 0.25) is 0 Å². The minimum atomic E-state index is -4.95. The quantitative estimate of drug-likeness (QED) is 0.187. The van der Waals surface area contributed by atoms with E-state index >= 15 is 0 Å². The van der Waals surface area contributed by atoms with Crippen molar-refractivity contribution in [1.29, 1.82) is 0 Å². The Hall–Kier alpha value is -3.24. The molecule has 0 aliphatic carbocycles. The molecule has 0 spiro atoms. The number of alkyl halides is 6. The van der Waals surface area contributed by atoms with E-state index in [0.29, 0.717) is 36.6 Å². The second-order valence-electron chi connectivity index (χ2n) is 11.1. The van der Waals surface area contributed by atoms with Crippen LogP contribution >= 0.6 is 0 Å². The molecule has 2 unspecified atom stereocenters. The molecule has 228 valence electrons. The maximum absolute atomic E-state index is 13.4. The summed E-state index contributed by atoms with van der Waals surface area (Å²) in [5.74, 6) is 0.570. The average molecular weight is 596 g/mol. The van der Waals surface area contributed by atoms with E-state index in [2.05, 4.69) is 5.32 Å². The van der Waals surface area contributed by atoms with Gasteiger partial charge in [0.05, 0.1) is 17.7 Å². The Labute approximate surface area is 242 Å². The third-order valence-corrected chi connectivity index (χ3v) is 7.14. The molecule has 42 heavy (non-hydrogen) atoms. The minimum Gasteiger partial charge on any atom is -0.485 e. The fourth-order valence-corrected chi connectivity index (χ4v) is 4.86. The van der Waals surface area contributed by atoms with Gasteiger partial charge in [0.2, 0.25) is 0 Å². The molecule has 0 radical (unpaired) electrons. The lowest BCUT2D eigenvalue weighted by molar-refractivity contribution is -0.168. The van der Waals surface area contributed by atoms with E-state index in [1.807, 2.05) is 56.3 Å². The number of benzene rings is 3. The van der Waals surface area contributed by atoms with Crippen LogP contribution < -0.4 is 10.1 Å². The first-order valence-corrected chi connectivity index (χ1v) is 13.8. The molecule has 10 heteroatoms. The van der Waals surface area contributed by atoms with Crippen molar-refractivity contribution in [2.45, 2.75) is 83.8 Å². The summed E-state index contributed by atoms with van der Waals surface area (Å²) in [6.45, 7) is 8.00. The van der Waals surface area contributed by atoms with Crippen molar-refractivity contribution >= 4 is 5.69 Å². The topological polar surface area (TPSA) is 39.7 Å². The van der Waals surface area contributed by atoms with Crippen LogP contribution in [0, 0.1) is 6.92 Å². The van der Waals surface area contributed by atoms with Crippen LogP contribution in [0.3, 0.4) is 0 Å². The molecule has 0 fully saturated rings. The lowest BCUT2D eigenvalue weighted by Gasteiger charge is -2.44. The van der Waals surface area contributed by atoms with Crippen molar-refractivity contribution in [1.82, 2.24) is 0 Å². The van der Waals surface area contributed by atoms with E-state index in [0.717, 1.165) is 29.7 Å². The Balaban J connectivity index is 1.62. The molecule has 0 bridgehead atoms. The Morgan fingerprint density at radius 1 is 0.833 bits per heavy atom. The molecule has 3 aromatic carbocycles. The molecule has 1 N–H and O–H groups in total. The van der Waals surface area contributed by atoms with Crippen LogP contribution in [0.5, 0.6) is 5.75 Å². The van der Waals surface area contributed by atoms with Gasteiger partial charge in [-0.05, 0) is 74.7 Å². The number of anilines is 1. The molecular formula is C32H35F6NO3. The van der Waals surface area contributed by atoms with Gasteiger partial charge in [0.1, 0.15) is 23.6 Å². The smallest absolute Gasteiger partial charge is 0.416 e. The maximum atomic E-state index is 13.4. The van der Waals surface area contributed by atoms with E-state index in [1.54, 1.807) is 13.8 Å². The predicted molar refractivity (Wildman–Crippen MR) is 148 cm³/mol. The summed E-state index contributed by atoms with van der Waals surface area (Å²) >= 11 is 0. The molecule has 1 aliphatic heterocycles. The number of hydrogen-bond acceptors (Lipinski definition) is 4. The number of fused-ring (bicyclic) bond motifs is 1. The van der Waals surface area contributed by atoms with E-state index in [-0.39, 0.29) is 11.6 Å². The highest BCUT2D eigenvalue weighted by atomic mass is 19.4. The van der Waals surface area contributed by atoms with Crippen LogP contribution in [0.15, 0.2) is 60.7 Å². The Kier molecular flexibility index (Phi) is 9.47. The summed E-state index contributed by atoms with van der Waals surface area (Å²) in [6.07, 6.45) is -9.78. The predicted octanol–water partition coefficient (Wildman–Crippen LogP) is 9.26. The summed E-state index contributed by atoms with van der Waals surface area (Å²) in [5.41, 5.74) is -0.301. The maximum Gasteiger partial charge on any atom is 0.416 e. The summed E-state index contributed by atoms with van der Waals surface area (Å²) in [7, 11) is 0. The Bertz CT molecular complexity index is 1320. The fraction of sp³-hybridized carbons (Fsp3) is 0.438. The highest BCUT2D eigenvalue weighted by Crippen LogP contribution is 2.45. The number of rotatable bonds is 10. The molecule has 0 saturated carbocycles. The molecule has 1 aliphatic rings. The van der Waals surface area contributed by atoms with E-state index in [1.165, 1.54) is 0 Å². The van der Waals surface area contributed by atoms with Gasteiger partial charge in [0.25, 0.3) is 0 Å². The van der Waals surface area contributed by atoms with Gasteiger partial charge < -0.3 is 19.5 Å². The first kappa shape index (κ1) is 31.7. The van der Waals surface area contributed by atoms with Crippen molar-refractivity contribution in [2.75, 3.05) is 11.9 Å². The Morgan fingerprint density at radius 2 is 1.48 bits per heavy atom. The summed E-state index contributed by atoms with van der Waals surface area (Å²) in [4.78, 5) is 0. The van der Waals surface area contributed by atoms with E-state index in [9.17, 15) is 26.3 Å². The highest BCUT2D eigenvalue weighted by Gasteiger charge is 2.46. The van der Waals surface area contributed by atoms with Crippen LogP contribution in [0.25, 0.3) is 0 Å². The number of aryl methyl sites for hydroxylation is 1. The van der Waals surface area contributed by atoms with Gasteiger partial charge >= 0.3 is 12.4 Å². The number of hydrogen-bond donors (Lipinski definition) is 1. The average Bonchev–Trinajstić information content (AvgIpc) is 2.91.